The molecule has 2 heterocycles. The highest BCUT2D eigenvalue weighted by molar-refractivity contribution is 6.10. The van der Waals surface area contributed by atoms with Crippen molar-refractivity contribution < 1.29 is 0 Å². The van der Waals surface area contributed by atoms with E-state index in [0.717, 1.165) is 0 Å². The van der Waals surface area contributed by atoms with Crippen LogP contribution in [-0.2, 0) is 5.41 Å². The minimum absolute atomic E-state index is 0.00480. The summed E-state index contributed by atoms with van der Waals surface area (Å²) in [6.07, 6.45) is 14.0. The van der Waals surface area contributed by atoms with Crippen LogP contribution < -0.4 is 0 Å². The topological polar surface area (TPSA) is 9.86 Å². The lowest BCUT2D eigenvalue weighted by atomic mass is 9.72. The molecule has 1 unspecified atom stereocenters. The maximum Gasteiger partial charge on any atom is 0.0541 e. The first-order chi connectivity index (χ1) is 23.2. The third kappa shape index (κ3) is 5.77. The van der Waals surface area contributed by atoms with E-state index in [4.69, 9.17) is 0 Å². The summed E-state index contributed by atoms with van der Waals surface area (Å²) < 4.78 is 5.16. The van der Waals surface area contributed by atoms with Gasteiger partial charge in [-0.1, -0.05) is 157 Å². The molecule has 5 aromatic carbocycles. The molecule has 0 saturated carbocycles. The van der Waals surface area contributed by atoms with Crippen LogP contribution in [0.3, 0.4) is 0 Å². The molecule has 2 heteroatoms. The fourth-order valence-electron chi connectivity index (χ4n) is 8.32. The van der Waals surface area contributed by atoms with Gasteiger partial charge in [0.2, 0.25) is 0 Å². The molecule has 0 N–H and O–H groups in total. The summed E-state index contributed by atoms with van der Waals surface area (Å²) in [5.74, 6) is 0. The van der Waals surface area contributed by atoms with Crippen molar-refractivity contribution in [3.05, 3.63) is 121 Å². The van der Waals surface area contributed by atoms with Gasteiger partial charge in [-0.05, 0) is 54.7 Å². The number of para-hydroxylation sites is 4. The molecule has 0 saturated heterocycles. The van der Waals surface area contributed by atoms with E-state index < -0.39 is 0 Å². The van der Waals surface area contributed by atoms with Gasteiger partial charge in [0, 0.05) is 27.1 Å². The lowest BCUT2D eigenvalue weighted by molar-refractivity contribution is 0.362. The molecule has 0 aliphatic heterocycles. The zero-order valence-corrected chi connectivity index (χ0v) is 28.6. The highest BCUT2D eigenvalue weighted by Gasteiger charge is 2.33. The van der Waals surface area contributed by atoms with E-state index in [1.807, 2.05) is 0 Å². The fraction of sp³-hybridized carbons (Fsp3) is 0.333. The summed E-state index contributed by atoms with van der Waals surface area (Å²) >= 11 is 0. The summed E-state index contributed by atoms with van der Waals surface area (Å²) in [5, 5.41) is 5.28. The molecule has 0 aliphatic rings. The van der Waals surface area contributed by atoms with Crippen LogP contribution in [0.25, 0.3) is 55.0 Å². The Balaban J connectivity index is 1.54. The maximum atomic E-state index is 2.60. The Morgan fingerprint density at radius 3 is 1.13 bits per heavy atom. The van der Waals surface area contributed by atoms with Crippen LogP contribution in [0.2, 0.25) is 0 Å². The Morgan fingerprint density at radius 2 is 0.745 bits per heavy atom. The van der Waals surface area contributed by atoms with E-state index in [0.29, 0.717) is 0 Å². The molecule has 0 amide bonds. The molecule has 47 heavy (non-hydrogen) atoms. The Bertz CT molecular complexity index is 1890. The van der Waals surface area contributed by atoms with Crippen LogP contribution in [0.4, 0.5) is 0 Å². The number of hydrogen-bond acceptors (Lipinski definition) is 0. The molecule has 2 aromatic heterocycles. The lowest BCUT2D eigenvalue weighted by Crippen LogP contribution is -2.26. The third-order valence-corrected chi connectivity index (χ3v) is 10.7. The van der Waals surface area contributed by atoms with Gasteiger partial charge >= 0.3 is 0 Å². The summed E-state index contributed by atoms with van der Waals surface area (Å²) in [6.45, 7) is 7.24. The molecule has 240 valence electrons. The van der Waals surface area contributed by atoms with Crippen molar-refractivity contribution in [2.75, 3.05) is 0 Å². The summed E-state index contributed by atoms with van der Waals surface area (Å²) in [6, 6.07) is 43.1. The summed E-state index contributed by atoms with van der Waals surface area (Å²) in [7, 11) is 0. The van der Waals surface area contributed by atoms with Gasteiger partial charge in [0.1, 0.15) is 0 Å². The number of nitrogens with zero attached hydrogens (tertiary/aromatic N) is 2. The fourth-order valence-corrected chi connectivity index (χ4v) is 8.32. The van der Waals surface area contributed by atoms with Gasteiger partial charge in [-0.2, -0.15) is 0 Å². The van der Waals surface area contributed by atoms with Gasteiger partial charge in [0.25, 0.3) is 0 Å². The molecule has 1 atom stereocenters. The predicted octanol–water partition coefficient (Wildman–Crippen LogP) is 13.5. The van der Waals surface area contributed by atoms with Crippen LogP contribution in [0.5, 0.6) is 0 Å². The monoisotopic (exact) mass is 618 g/mol. The van der Waals surface area contributed by atoms with Gasteiger partial charge in [-0.25, -0.2) is 0 Å². The SMILES string of the molecule is CCCCCCCC(C)(CCCCCC)c1c(-n2c3ccccc3c3ccccc32)cccc1-n1c2ccccc2c2ccccc21. The highest BCUT2D eigenvalue weighted by atomic mass is 15.0. The van der Waals surface area contributed by atoms with Crippen LogP contribution in [0.1, 0.15) is 97.0 Å². The third-order valence-electron chi connectivity index (χ3n) is 10.7. The van der Waals surface area contributed by atoms with E-state index in [9.17, 15) is 0 Å². The molecule has 0 radical (unpaired) electrons. The molecule has 7 aromatic rings. The van der Waals surface area contributed by atoms with E-state index in [1.165, 1.54) is 131 Å². The Hall–Kier alpha value is -4.30. The van der Waals surface area contributed by atoms with Crippen molar-refractivity contribution in [3.63, 3.8) is 0 Å². The molecule has 2 nitrogen and oxygen atoms in total. The second-order valence-electron chi connectivity index (χ2n) is 13.9. The first-order valence-electron chi connectivity index (χ1n) is 18.3. The van der Waals surface area contributed by atoms with Crippen LogP contribution in [0, 0.1) is 0 Å². The Kier molecular flexibility index (Phi) is 9.21. The molecule has 0 spiro atoms. The standard InChI is InChI=1S/C45H50N2/c1-4-6-8-10-20-33-45(3,32-19-9-7-5-2)44-42(46-38-26-15-11-22-34(38)35-23-12-16-27-39(35)46)30-21-31-43(44)47-40-28-17-13-24-36(40)37-25-14-18-29-41(37)47/h11-18,21-31H,4-10,19-20,32-33H2,1-3H3. The number of aromatic nitrogens is 2. The smallest absolute Gasteiger partial charge is 0.0541 e. The van der Waals surface area contributed by atoms with Gasteiger partial charge < -0.3 is 9.13 Å². The normalized spacial score (nSPS) is 13.3. The minimum Gasteiger partial charge on any atom is -0.309 e. The average molecular weight is 619 g/mol. The van der Waals surface area contributed by atoms with E-state index >= 15 is 0 Å². The minimum atomic E-state index is 0.00480. The first-order valence-corrected chi connectivity index (χ1v) is 18.3. The molecular weight excluding hydrogens is 569 g/mol. The van der Waals surface area contributed by atoms with Gasteiger partial charge in [-0.15, -0.1) is 0 Å². The number of unbranched alkanes of at least 4 members (excludes halogenated alkanes) is 7. The molecule has 0 fully saturated rings. The predicted molar refractivity (Wildman–Crippen MR) is 205 cm³/mol. The van der Waals surface area contributed by atoms with E-state index in [2.05, 4.69) is 145 Å². The number of fused-ring (bicyclic) bond motifs is 6. The van der Waals surface area contributed by atoms with Gasteiger partial charge in [0.15, 0.2) is 0 Å². The van der Waals surface area contributed by atoms with Crippen molar-refractivity contribution in [1.82, 2.24) is 9.13 Å². The van der Waals surface area contributed by atoms with Gasteiger partial charge in [0.05, 0.1) is 33.4 Å². The van der Waals surface area contributed by atoms with Crippen LogP contribution in [0.15, 0.2) is 115 Å². The molecular formula is C45H50N2. The highest BCUT2D eigenvalue weighted by Crippen LogP contribution is 2.46. The molecule has 0 aliphatic carbocycles. The number of benzene rings is 5. The quantitative estimate of drug-likeness (QED) is 0.107. The Labute approximate surface area is 281 Å². The zero-order valence-electron chi connectivity index (χ0n) is 28.6. The molecule has 0 bridgehead atoms. The van der Waals surface area contributed by atoms with E-state index in [1.54, 1.807) is 0 Å². The van der Waals surface area contributed by atoms with Crippen molar-refractivity contribution in [2.45, 2.75) is 96.8 Å². The van der Waals surface area contributed by atoms with E-state index in [-0.39, 0.29) is 5.41 Å². The van der Waals surface area contributed by atoms with Crippen molar-refractivity contribution in [1.29, 1.82) is 0 Å². The van der Waals surface area contributed by atoms with Gasteiger partial charge in [-0.3, -0.25) is 0 Å². The largest absolute Gasteiger partial charge is 0.309 e. The van der Waals surface area contributed by atoms with Crippen LogP contribution >= 0.6 is 0 Å². The number of hydrogen-bond donors (Lipinski definition) is 0. The second kappa shape index (κ2) is 13.8. The summed E-state index contributed by atoms with van der Waals surface area (Å²) in [5.41, 5.74) is 9.28. The Morgan fingerprint density at radius 1 is 0.404 bits per heavy atom. The molecule has 7 rings (SSSR count). The van der Waals surface area contributed by atoms with Crippen molar-refractivity contribution in [2.24, 2.45) is 0 Å². The lowest BCUT2D eigenvalue weighted by Gasteiger charge is -2.35. The average Bonchev–Trinajstić information content (AvgIpc) is 3.63. The number of rotatable bonds is 14. The summed E-state index contributed by atoms with van der Waals surface area (Å²) in [4.78, 5) is 0. The van der Waals surface area contributed by atoms with Crippen molar-refractivity contribution >= 4 is 43.6 Å². The zero-order chi connectivity index (χ0) is 32.2. The maximum absolute atomic E-state index is 2.60. The van der Waals surface area contributed by atoms with Crippen molar-refractivity contribution in [3.8, 4) is 11.4 Å². The first kappa shape index (κ1) is 31.3. The van der Waals surface area contributed by atoms with Crippen LogP contribution in [-0.4, -0.2) is 9.13 Å². The second-order valence-corrected chi connectivity index (χ2v) is 13.9.